The fraction of sp³-hybridized carbons (Fsp3) is 0.0909. The molecule has 0 atom stereocenters. The maximum absolute atomic E-state index is 13.3. The average molecular weight is 236 g/mol. The smallest absolute Gasteiger partial charge is 0.168 e. The van der Waals surface area contributed by atoms with Crippen LogP contribution in [0, 0.1) is 11.6 Å². The Bertz CT molecular complexity index is 516. The van der Waals surface area contributed by atoms with Crippen LogP contribution in [-0.4, -0.2) is 9.97 Å². The predicted molar refractivity (Wildman–Crippen MR) is 60.1 cm³/mol. The second-order valence-corrected chi connectivity index (χ2v) is 3.39. The number of nitrogens with zero attached hydrogens (tertiary/aromatic N) is 2. The summed E-state index contributed by atoms with van der Waals surface area (Å²) in [5.74, 6) is -2.04. The Hall–Kier alpha value is -2.24. The number of nitrogen functional groups attached to an aromatic ring is 1. The van der Waals surface area contributed by atoms with Crippen molar-refractivity contribution < 1.29 is 8.78 Å². The first kappa shape index (κ1) is 11.3. The molecule has 2 aromatic heterocycles. The molecule has 0 fully saturated rings. The summed E-state index contributed by atoms with van der Waals surface area (Å²) in [6.07, 6.45) is 3.25. The van der Waals surface area contributed by atoms with Crippen molar-refractivity contribution in [2.24, 2.45) is 0 Å². The Kier molecular flexibility index (Phi) is 3.13. The van der Waals surface area contributed by atoms with Crippen LogP contribution in [0.4, 0.5) is 20.4 Å². The first-order chi connectivity index (χ1) is 8.16. The lowest BCUT2D eigenvalue weighted by Gasteiger charge is -2.07. The van der Waals surface area contributed by atoms with Crippen LogP contribution in [0.5, 0.6) is 0 Å². The Morgan fingerprint density at radius 3 is 2.59 bits per heavy atom. The van der Waals surface area contributed by atoms with Gasteiger partial charge in [-0.2, -0.15) is 0 Å². The molecule has 0 amide bonds. The molecule has 0 aliphatic rings. The normalized spacial score (nSPS) is 10.2. The van der Waals surface area contributed by atoms with Gasteiger partial charge in [-0.3, -0.25) is 4.98 Å². The highest BCUT2D eigenvalue weighted by Crippen LogP contribution is 2.17. The van der Waals surface area contributed by atoms with Crippen molar-refractivity contribution in [3.8, 4) is 0 Å². The monoisotopic (exact) mass is 236 g/mol. The first-order valence-corrected chi connectivity index (χ1v) is 4.91. The first-order valence-electron chi connectivity index (χ1n) is 4.91. The molecule has 0 aromatic carbocycles. The van der Waals surface area contributed by atoms with E-state index in [0.29, 0.717) is 12.6 Å². The molecule has 2 rings (SSSR count). The largest absolute Gasteiger partial charge is 0.381 e. The van der Waals surface area contributed by atoms with Gasteiger partial charge in [0.25, 0.3) is 0 Å². The molecule has 0 radical (unpaired) electrons. The van der Waals surface area contributed by atoms with Crippen LogP contribution < -0.4 is 11.1 Å². The maximum atomic E-state index is 13.3. The van der Waals surface area contributed by atoms with Gasteiger partial charge in [-0.15, -0.1) is 0 Å². The lowest BCUT2D eigenvalue weighted by atomic mass is 10.2. The maximum Gasteiger partial charge on any atom is 0.168 e. The number of pyridine rings is 2. The summed E-state index contributed by atoms with van der Waals surface area (Å²) in [6, 6.07) is 4.26. The van der Waals surface area contributed by atoms with Crippen LogP contribution >= 0.6 is 0 Å². The molecule has 3 N–H and O–H groups in total. The van der Waals surface area contributed by atoms with Crippen molar-refractivity contribution in [2.75, 3.05) is 11.1 Å². The SMILES string of the molecule is Nc1nc(NCc2ccncc2)c(F)cc1F. The van der Waals surface area contributed by atoms with Gasteiger partial charge in [0.2, 0.25) is 0 Å². The highest BCUT2D eigenvalue weighted by atomic mass is 19.1. The highest BCUT2D eigenvalue weighted by Gasteiger charge is 2.08. The third kappa shape index (κ3) is 2.66. The van der Waals surface area contributed by atoms with E-state index in [-0.39, 0.29) is 11.6 Å². The fourth-order valence-electron chi connectivity index (χ4n) is 1.29. The molecule has 0 aliphatic heterocycles. The van der Waals surface area contributed by atoms with E-state index in [0.717, 1.165) is 5.56 Å². The number of halogens is 2. The van der Waals surface area contributed by atoms with E-state index in [1.54, 1.807) is 24.5 Å². The van der Waals surface area contributed by atoms with Gasteiger partial charge in [-0.05, 0) is 17.7 Å². The standard InChI is InChI=1S/C11H10F2N4/c12-8-5-9(13)11(17-10(8)14)16-6-7-1-3-15-4-2-7/h1-5H,6H2,(H3,14,16,17). The van der Waals surface area contributed by atoms with E-state index in [9.17, 15) is 8.78 Å². The lowest BCUT2D eigenvalue weighted by Crippen LogP contribution is -2.06. The molecular formula is C11H10F2N4. The number of anilines is 2. The molecular weight excluding hydrogens is 226 g/mol. The van der Waals surface area contributed by atoms with Gasteiger partial charge in [-0.1, -0.05) is 0 Å². The summed E-state index contributed by atoms with van der Waals surface area (Å²) in [7, 11) is 0. The predicted octanol–water partition coefficient (Wildman–Crippen LogP) is 1.95. The minimum absolute atomic E-state index is 0.0688. The Balaban J connectivity index is 2.12. The molecule has 2 heterocycles. The number of rotatable bonds is 3. The zero-order chi connectivity index (χ0) is 12.3. The number of nitrogens with one attached hydrogen (secondary N) is 1. The molecule has 6 heteroatoms. The Morgan fingerprint density at radius 2 is 1.88 bits per heavy atom. The van der Waals surface area contributed by atoms with E-state index in [1.165, 1.54) is 0 Å². The summed E-state index contributed by atoms with van der Waals surface area (Å²) >= 11 is 0. The zero-order valence-electron chi connectivity index (χ0n) is 8.82. The van der Waals surface area contributed by atoms with Crippen LogP contribution in [0.3, 0.4) is 0 Å². The topological polar surface area (TPSA) is 63.8 Å². The number of hydrogen-bond acceptors (Lipinski definition) is 4. The van der Waals surface area contributed by atoms with E-state index in [4.69, 9.17) is 5.73 Å². The summed E-state index contributed by atoms with van der Waals surface area (Å²) in [5.41, 5.74) is 6.16. The van der Waals surface area contributed by atoms with Gasteiger partial charge in [0.1, 0.15) is 0 Å². The van der Waals surface area contributed by atoms with Gasteiger partial charge in [0, 0.05) is 25.0 Å². The van der Waals surface area contributed by atoms with Crippen LogP contribution in [0.15, 0.2) is 30.6 Å². The van der Waals surface area contributed by atoms with Crippen molar-refractivity contribution in [3.05, 3.63) is 47.8 Å². The van der Waals surface area contributed by atoms with E-state index < -0.39 is 11.6 Å². The second kappa shape index (κ2) is 4.73. The van der Waals surface area contributed by atoms with Gasteiger partial charge >= 0.3 is 0 Å². The number of hydrogen-bond donors (Lipinski definition) is 2. The summed E-state index contributed by atoms with van der Waals surface area (Å²) in [5, 5.41) is 2.74. The highest BCUT2D eigenvalue weighted by molar-refractivity contribution is 5.45. The molecule has 0 aliphatic carbocycles. The molecule has 17 heavy (non-hydrogen) atoms. The molecule has 0 saturated carbocycles. The molecule has 88 valence electrons. The van der Waals surface area contributed by atoms with Crippen molar-refractivity contribution in [2.45, 2.75) is 6.54 Å². The van der Waals surface area contributed by atoms with Crippen LogP contribution in [-0.2, 0) is 6.54 Å². The third-order valence-electron chi connectivity index (χ3n) is 2.17. The van der Waals surface area contributed by atoms with Crippen molar-refractivity contribution in [1.29, 1.82) is 0 Å². The van der Waals surface area contributed by atoms with Crippen molar-refractivity contribution >= 4 is 11.6 Å². The zero-order valence-corrected chi connectivity index (χ0v) is 8.82. The molecule has 4 nitrogen and oxygen atoms in total. The summed E-state index contributed by atoms with van der Waals surface area (Å²) < 4.78 is 26.2. The van der Waals surface area contributed by atoms with Gasteiger partial charge in [0.05, 0.1) is 0 Å². The molecule has 2 aromatic rings. The van der Waals surface area contributed by atoms with E-state index in [2.05, 4.69) is 15.3 Å². The Labute approximate surface area is 96.5 Å². The third-order valence-corrected chi connectivity index (χ3v) is 2.17. The average Bonchev–Trinajstić information content (AvgIpc) is 2.33. The summed E-state index contributed by atoms with van der Waals surface area (Å²) in [6.45, 7) is 0.359. The Morgan fingerprint density at radius 1 is 1.18 bits per heavy atom. The summed E-state index contributed by atoms with van der Waals surface area (Å²) in [4.78, 5) is 7.44. The van der Waals surface area contributed by atoms with Crippen LogP contribution in [0.1, 0.15) is 5.56 Å². The lowest BCUT2D eigenvalue weighted by molar-refractivity contribution is 0.579. The molecule has 0 unspecified atom stereocenters. The number of nitrogens with two attached hydrogens (primary N) is 1. The van der Waals surface area contributed by atoms with Gasteiger partial charge in [0.15, 0.2) is 23.3 Å². The van der Waals surface area contributed by atoms with Crippen molar-refractivity contribution in [1.82, 2.24) is 9.97 Å². The van der Waals surface area contributed by atoms with E-state index in [1.807, 2.05) is 0 Å². The second-order valence-electron chi connectivity index (χ2n) is 3.39. The fourth-order valence-corrected chi connectivity index (χ4v) is 1.29. The van der Waals surface area contributed by atoms with Gasteiger partial charge in [-0.25, -0.2) is 13.8 Å². The minimum atomic E-state index is -0.864. The van der Waals surface area contributed by atoms with Gasteiger partial charge < -0.3 is 11.1 Å². The van der Waals surface area contributed by atoms with E-state index >= 15 is 0 Å². The molecule has 0 bridgehead atoms. The number of aromatic nitrogens is 2. The van der Waals surface area contributed by atoms with Crippen LogP contribution in [0.25, 0.3) is 0 Å². The minimum Gasteiger partial charge on any atom is -0.381 e. The van der Waals surface area contributed by atoms with Crippen LogP contribution in [0.2, 0.25) is 0 Å². The molecule has 0 saturated heterocycles. The van der Waals surface area contributed by atoms with Crippen molar-refractivity contribution in [3.63, 3.8) is 0 Å². The molecule has 0 spiro atoms. The quantitative estimate of drug-likeness (QED) is 0.854.